The van der Waals surface area contributed by atoms with Crippen LogP contribution in [0.2, 0.25) is 0 Å². The molecule has 0 saturated carbocycles. The van der Waals surface area contributed by atoms with Crippen LogP contribution < -0.4 is 5.32 Å². The van der Waals surface area contributed by atoms with Crippen molar-refractivity contribution >= 4 is 17.8 Å². The van der Waals surface area contributed by atoms with Crippen molar-refractivity contribution in [3.63, 3.8) is 0 Å². The van der Waals surface area contributed by atoms with Crippen molar-refractivity contribution in [2.75, 3.05) is 33.2 Å². The van der Waals surface area contributed by atoms with E-state index in [0.717, 1.165) is 38.3 Å². The molecule has 0 radical (unpaired) electrons. The largest absolute Gasteiger partial charge is 0.373 e. The second-order valence-electron chi connectivity index (χ2n) is 8.54. The molecule has 0 bridgehead atoms. The SMILES string of the molecule is CC1CN(CC2=NC3C(C(=O)NC(=O)N3C)N2CCCc2ccccc2)CC(C)O1. The van der Waals surface area contributed by atoms with E-state index >= 15 is 0 Å². The highest BCUT2D eigenvalue weighted by atomic mass is 16.5. The highest BCUT2D eigenvalue weighted by Crippen LogP contribution is 2.25. The molecule has 4 rings (SSSR count). The molecule has 8 heteroatoms. The number of hydrogen-bond donors (Lipinski definition) is 1. The fourth-order valence-corrected chi connectivity index (χ4v) is 4.69. The lowest BCUT2D eigenvalue weighted by molar-refractivity contribution is -0.127. The van der Waals surface area contributed by atoms with Crippen LogP contribution in [-0.2, 0) is 16.0 Å². The summed E-state index contributed by atoms with van der Waals surface area (Å²) in [6, 6.07) is 9.51. The number of nitrogens with zero attached hydrogens (tertiary/aromatic N) is 4. The van der Waals surface area contributed by atoms with E-state index in [1.807, 2.05) is 18.2 Å². The number of carbonyl (C=O) groups is 2. The highest BCUT2D eigenvalue weighted by molar-refractivity contribution is 6.04. The number of aryl methyl sites for hydroxylation is 1. The minimum Gasteiger partial charge on any atom is -0.373 e. The number of imide groups is 1. The quantitative estimate of drug-likeness (QED) is 0.761. The van der Waals surface area contributed by atoms with Crippen molar-refractivity contribution in [1.82, 2.24) is 20.0 Å². The lowest BCUT2D eigenvalue weighted by Gasteiger charge is -2.38. The maximum Gasteiger partial charge on any atom is 0.325 e. The molecule has 1 aromatic carbocycles. The van der Waals surface area contributed by atoms with Gasteiger partial charge in [-0.2, -0.15) is 0 Å². The number of ether oxygens (including phenoxy) is 1. The van der Waals surface area contributed by atoms with E-state index in [0.29, 0.717) is 6.54 Å². The molecular formula is C22H31N5O3. The fraction of sp³-hybridized carbons (Fsp3) is 0.591. The first-order valence-corrected chi connectivity index (χ1v) is 10.7. The summed E-state index contributed by atoms with van der Waals surface area (Å²) in [4.78, 5) is 35.6. The minimum absolute atomic E-state index is 0.164. The number of fused-ring (bicyclic) bond motifs is 1. The van der Waals surface area contributed by atoms with Crippen LogP contribution in [-0.4, -0.2) is 90.1 Å². The van der Waals surface area contributed by atoms with Gasteiger partial charge in [0.1, 0.15) is 5.84 Å². The molecule has 0 aromatic heterocycles. The number of rotatable bonds is 6. The Morgan fingerprint density at radius 2 is 1.83 bits per heavy atom. The van der Waals surface area contributed by atoms with Crippen LogP contribution in [0.5, 0.6) is 0 Å². The van der Waals surface area contributed by atoms with Crippen molar-refractivity contribution in [2.45, 2.75) is 51.1 Å². The van der Waals surface area contributed by atoms with Gasteiger partial charge in [0.2, 0.25) is 0 Å². The first-order valence-electron chi connectivity index (χ1n) is 10.7. The molecule has 3 amide bonds. The van der Waals surface area contributed by atoms with Crippen LogP contribution in [0.25, 0.3) is 0 Å². The lowest BCUT2D eigenvalue weighted by atomic mass is 10.1. The Morgan fingerprint density at radius 3 is 2.53 bits per heavy atom. The zero-order valence-electron chi connectivity index (χ0n) is 18.0. The Morgan fingerprint density at radius 1 is 1.13 bits per heavy atom. The fourth-order valence-electron chi connectivity index (χ4n) is 4.69. The van der Waals surface area contributed by atoms with Gasteiger partial charge in [0, 0.05) is 26.7 Å². The summed E-state index contributed by atoms with van der Waals surface area (Å²) in [5.41, 5.74) is 1.28. The highest BCUT2D eigenvalue weighted by Gasteiger charge is 2.48. The molecule has 1 aromatic rings. The van der Waals surface area contributed by atoms with Gasteiger partial charge in [-0.1, -0.05) is 30.3 Å². The second-order valence-corrected chi connectivity index (χ2v) is 8.54. The normalized spacial score (nSPS) is 29.6. The Hall–Kier alpha value is -2.45. The van der Waals surface area contributed by atoms with Crippen LogP contribution in [0, 0.1) is 0 Å². The average molecular weight is 414 g/mol. The molecule has 3 aliphatic rings. The van der Waals surface area contributed by atoms with E-state index < -0.39 is 12.2 Å². The number of amidine groups is 1. The molecular weight excluding hydrogens is 382 g/mol. The molecule has 0 spiro atoms. The third-order valence-corrected chi connectivity index (χ3v) is 6.01. The Labute approximate surface area is 177 Å². The number of urea groups is 1. The molecule has 2 saturated heterocycles. The van der Waals surface area contributed by atoms with Gasteiger partial charge in [0.15, 0.2) is 12.2 Å². The molecule has 0 aliphatic carbocycles. The van der Waals surface area contributed by atoms with Gasteiger partial charge in [-0.15, -0.1) is 0 Å². The second kappa shape index (κ2) is 8.73. The Kier molecular flexibility index (Phi) is 6.06. The molecule has 3 aliphatic heterocycles. The van der Waals surface area contributed by atoms with Crippen LogP contribution in [0.1, 0.15) is 25.8 Å². The number of nitrogens with one attached hydrogen (secondary N) is 1. The lowest BCUT2D eigenvalue weighted by Crippen LogP contribution is -2.64. The molecule has 162 valence electrons. The number of likely N-dealkylation sites (N-methyl/N-ethyl adjacent to an activating group) is 1. The van der Waals surface area contributed by atoms with E-state index in [9.17, 15) is 9.59 Å². The molecule has 2 fully saturated rings. The summed E-state index contributed by atoms with van der Waals surface area (Å²) < 4.78 is 5.85. The molecule has 3 heterocycles. The zero-order chi connectivity index (χ0) is 21.3. The van der Waals surface area contributed by atoms with Gasteiger partial charge in [-0.05, 0) is 32.3 Å². The first-order chi connectivity index (χ1) is 14.4. The van der Waals surface area contributed by atoms with Crippen LogP contribution >= 0.6 is 0 Å². The Bertz CT molecular complexity index is 804. The monoisotopic (exact) mass is 413 g/mol. The van der Waals surface area contributed by atoms with Crippen LogP contribution in [0.3, 0.4) is 0 Å². The van der Waals surface area contributed by atoms with E-state index in [1.165, 1.54) is 10.5 Å². The number of carbonyl (C=O) groups excluding carboxylic acids is 2. The van der Waals surface area contributed by atoms with E-state index in [4.69, 9.17) is 9.73 Å². The van der Waals surface area contributed by atoms with Crippen molar-refractivity contribution in [3.8, 4) is 0 Å². The van der Waals surface area contributed by atoms with Crippen LogP contribution in [0.4, 0.5) is 4.79 Å². The smallest absolute Gasteiger partial charge is 0.325 e. The van der Waals surface area contributed by atoms with Gasteiger partial charge >= 0.3 is 6.03 Å². The number of morpholine rings is 1. The third kappa shape index (κ3) is 4.34. The summed E-state index contributed by atoms with van der Waals surface area (Å²) in [5.74, 6) is 0.626. The Balaban J connectivity index is 1.50. The average Bonchev–Trinajstić information content (AvgIpc) is 3.05. The van der Waals surface area contributed by atoms with Crippen LogP contribution in [0.15, 0.2) is 35.3 Å². The third-order valence-electron chi connectivity index (χ3n) is 6.01. The van der Waals surface area contributed by atoms with Gasteiger partial charge in [-0.3, -0.25) is 15.0 Å². The molecule has 4 unspecified atom stereocenters. The molecule has 30 heavy (non-hydrogen) atoms. The van der Waals surface area contributed by atoms with Crippen molar-refractivity contribution < 1.29 is 14.3 Å². The predicted molar refractivity (Wildman–Crippen MR) is 114 cm³/mol. The van der Waals surface area contributed by atoms with Gasteiger partial charge < -0.3 is 14.5 Å². The topological polar surface area (TPSA) is 77.5 Å². The van der Waals surface area contributed by atoms with Crippen molar-refractivity contribution in [2.24, 2.45) is 4.99 Å². The summed E-state index contributed by atoms with van der Waals surface area (Å²) in [5, 5.41) is 2.48. The van der Waals surface area contributed by atoms with Gasteiger partial charge in [-0.25, -0.2) is 9.79 Å². The number of amides is 3. The summed E-state index contributed by atoms with van der Waals surface area (Å²) in [7, 11) is 1.70. The number of hydrogen-bond acceptors (Lipinski definition) is 6. The van der Waals surface area contributed by atoms with E-state index in [-0.39, 0.29) is 24.1 Å². The maximum atomic E-state index is 12.7. The standard InChI is InChI=1S/C22H31N5O3/c1-15-12-26(13-16(2)30-15)14-18-23-20-19(21(28)24-22(29)25(20)3)27(18)11-7-10-17-8-5-4-6-9-17/h4-6,8-9,15-16,19-20H,7,10-14H2,1-3H3,(H,24,28,29). The van der Waals surface area contributed by atoms with E-state index in [1.54, 1.807) is 7.05 Å². The van der Waals surface area contributed by atoms with Crippen molar-refractivity contribution in [1.29, 1.82) is 0 Å². The summed E-state index contributed by atoms with van der Waals surface area (Å²) in [6.45, 7) is 7.20. The molecule has 1 N–H and O–H groups in total. The number of aliphatic imine (C=N–C) groups is 1. The molecule has 4 atom stereocenters. The van der Waals surface area contributed by atoms with Gasteiger partial charge in [0.05, 0.1) is 18.8 Å². The molecule has 8 nitrogen and oxygen atoms in total. The van der Waals surface area contributed by atoms with E-state index in [2.05, 4.69) is 41.1 Å². The summed E-state index contributed by atoms with van der Waals surface area (Å²) >= 11 is 0. The zero-order valence-corrected chi connectivity index (χ0v) is 18.0. The maximum absolute atomic E-state index is 12.7. The number of benzene rings is 1. The summed E-state index contributed by atoms with van der Waals surface area (Å²) in [6.07, 6.45) is 1.71. The first kappa shape index (κ1) is 20.8. The minimum atomic E-state index is -0.464. The predicted octanol–water partition coefficient (Wildman–Crippen LogP) is 1.32. The van der Waals surface area contributed by atoms with Gasteiger partial charge in [0.25, 0.3) is 5.91 Å². The van der Waals surface area contributed by atoms with Crippen molar-refractivity contribution in [3.05, 3.63) is 35.9 Å².